The van der Waals surface area contributed by atoms with Gasteiger partial charge >= 0.3 is 0 Å². The molecule has 3 rings (SSSR count). The average molecular weight is 405 g/mol. The summed E-state index contributed by atoms with van der Waals surface area (Å²) >= 11 is 6.07. The van der Waals surface area contributed by atoms with Gasteiger partial charge in [0.05, 0.1) is 10.9 Å². The third-order valence-electron chi connectivity index (χ3n) is 4.81. The number of nitrogens with zero attached hydrogens (tertiary/aromatic N) is 2. The van der Waals surface area contributed by atoms with Gasteiger partial charge in [0.25, 0.3) is 0 Å². The predicted octanol–water partition coefficient (Wildman–Crippen LogP) is 3.92. The van der Waals surface area contributed by atoms with Crippen LogP contribution in [0.5, 0.6) is 0 Å². The molecule has 3 aromatic rings. The minimum absolute atomic E-state index is 0.0489. The van der Waals surface area contributed by atoms with Crippen molar-refractivity contribution in [1.82, 2.24) is 9.47 Å². The van der Waals surface area contributed by atoms with Crippen molar-refractivity contribution in [2.24, 2.45) is 0 Å². The van der Waals surface area contributed by atoms with Crippen molar-refractivity contribution in [2.75, 3.05) is 13.3 Å². The van der Waals surface area contributed by atoms with E-state index in [1.165, 1.54) is 6.26 Å². The highest BCUT2D eigenvalue weighted by Gasteiger charge is 2.19. The number of carbonyl (C=O) groups excluding carboxylic acids is 1. The standard InChI is InChI=1S/C20H21ClN2O3S/c1-14(15-5-8-18(9-6-15)27(3,25)26)22(2)20(24)13-23-11-10-16-4-7-17(21)12-19(16)23/h4-12,14H,13H2,1-3H3. The average Bonchev–Trinajstić information content (AvgIpc) is 3.01. The maximum absolute atomic E-state index is 12.8. The Morgan fingerprint density at radius 2 is 1.81 bits per heavy atom. The van der Waals surface area contributed by atoms with Crippen LogP contribution >= 0.6 is 11.6 Å². The second-order valence-electron chi connectivity index (χ2n) is 6.67. The van der Waals surface area contributed by atoms with Crippen molar-refractivity contribution < 1.29 is 13.2 Å². The summed E-state index contributed by atoms with van der Waals surface area (Å²) < 4.78 is 25.1. The van der Waals surface area contributed by atoms with Crippen LogP contribution in [0, 0.1) is 0 Å². The first-order valence-corrected chi connectivity index (χ1v) is 10.7. The molecule has 0 saturated carbocycles. The minimum atomic E-state index is -3.24. The monoisotopic (exact) mass is 404 g/mol. The summed E-state index contributed by atoms with van der Waals surface area (Å²) in [5.41, 5.74) is 1.79. The van der Waals surface area contributed by atoms with Gasteiger partial charge in [-0.2, -0.15) is 0 Å². The molecule has 0 bridgehead atoms. The SMILES string of the molecule is CC(c1ccc(S(C)(=O)=O)cc1)N(C)C(=O)Cn1ccc2ccc(Cl)cc21. The van der Waals surface area contributed by atoms with E-state index in [1.54, 1.807) is 36.2 Å². The number of halogens is 1. The lowest BCUT2D eigenvalue weighted by Crippen LogP contribution is -2.32. The Hall–Kier alpha value is -2.31. The minimum Gasteiger partial charge on any atom is -0.338 e. The number of hydrogen-bond donors (Lipinski definition) is 0. The number of amides is 1. The van der Waals surface area contributed by atoms with Gasteiger partial charge in [-0.05, 0) is 48.2 Å². The van der Waals surface area contributed by atoms with Gasteiger partial charge in [-0.15, -0.1) is 0 Å². The van der Waals surface area contributed by atoms with E-state index in [1.807, 2.05) is 42.0 Å². The zero-order valence-electron chi connectivity index (χ0n) is 15.4. The fourth-order valence-electron chi connectivity index (χ4n) is 2.99. The molecule has 0 aliphatic heterocycles. The number of hydrogen-bond acceptors (Lipinski definition) is 3. The first-order valence-electron chi connectivity index (χ1n) is 8.47. The van der Waals surface area contributed by atoms with Crippen molar-refractivity contribution in [3.05, 3.63) is 65.3 Å². The lowest BCUT2D eigenvalue weighted by atomic mass is 10.1. The van der Waals surface area contributed by atoms with E-state index in [4.69, 9.17) is 11.6 Å². The van der Waals surface area contributed by atoms with E-state index < -0.39 is 9.84 Å². The van der Waals surface area contributed by atoms with Gasteiger partial charge in [-0.1, -0.05) is 29.8 Å². The summed E-state index contributed by atoms with van der Waals surface area (Å²) in [6.45, 7) is 2.12. The first kappa shape index (κ1) is 19.5. The molecule has 0 N–H and O–H groups in total. The molecule has 7 heteroatoms. The molecule has 0 radical (unpaired) electrons. The van der Waals surface area contributed by atoms with E-state index >= 15 is 0 Å². The lowest BCUT2D eigenvalue weighted by Gasteiger charge is -2.26. The highest BCUT2D eigenvalue weighted by molar-refractivity contribution is 7.90. The Bertz CT molecular complexity index is 1090. The molecule has 0 saturated heterocycles. The van der Waals surface area contributed by atoms with Crippen LogP contribution in [0.1, 0.15) is 18.5 Å². The molecule has 2 aromatic carbocycles. The molecular weight excluding hydrogens is 384 g/mol. The Labute approximate surface area is 164 Å². The van der Waals surface area contributed by atoms with Crippen LogP contribution in [-0.4, -0.2) is 37.1 Å². The maximum atomic E-state index is 12.8. The molecule has 0 spiro atoms. The normalized spacial score (nSPS) is 12.9. The number of rotatable bonds is 5. The van der Waals surface area contributed by atoms with Gasteiger partial charge in [-0.3, -0.25) is 4.79 Å². The molecule has 5 nitrogen and oxygen atoms in total. The van der Waals surface area contributed by atoms with Gasteiger partial charge in [0, 0.05) is 30.0 Å². The Balaban J connectivity index is 1.77. The first-order chi connectivity index (χ1) is 12.7. The molecule has 1 amide bonds. The van der Waals surface area contributed by atoms with Crippen LogP contribution in [-0.2, 0) is 21.2 Å². The summed E-state index contributed by atoms with van der Waals surface area (Å²) in [6.07, 6.45) is 3.05. The maximum Gasteiger partial charge on any atom is 0.242 e. The van der Waals surface area contributed by atoms with E-state index in [0.717, 1.165) is 16.5 Å². The third kappa shape index (κ3) is 4.17. The van der Waals surface area contributed by atoms with E-state index in [0.29, 0.717) is 5.02 Å². The topological polar surface area (TPSA) is 59.4 Å². The lowest BCUT2D eigenvalue weighted by molar-refractivity contribution is -0.132. The predicted molar refractivity (Wildman–Crippen MR) is 108 cm³/mol. The summed E-state index contributed by atoms with van der Waals surface area (Å²) in [5.74, 6) is -0.0489. The molecule has 0 aliphatic rings. The molecular formula is C20H21ClN2O3S. The van der Waals surface area contributed by atoms with Gasteiger partial charge < -0.3 is 9.47 Å². The van der Waals surface area contributed by atoms with E-state index in [9.17, 15) is 13.2 Å². The Morgan fingerprint density at radius 3 is 2.44 bits per heavy atom. The molecule has 0 fully saturated rings. The van der Waals surface area contributed by atoms with Crippen molar-refractivity contribution in [3.63, 3.8) is 0 Å². The van der Waals surface area contributed by atoms with Crippen LogP contribution in [0.4, 0.5) is 0 Å². The summed E-state index contributed by atoms with van der Waals surface area (Å²) in [4.78, 5) is 14.7. The largest absolute Gasteiger partial charge is 0.338 e. The molecule has 142 valence electrons. The van der Waals surface area contributed by atoms with Crippen LogP contribution in [0.3, 0.4) is 0 Å². The number of carbonyl (C=O) groups is 1. The number of aromatic nitrogens is 1. The summed E-state index contributed by atoms with van der Waals surface area (Å²) in [5, 5.41) is 1.65. The highest BCUT2D eigenvalue weighted by Crippen LogP contribution is 2.23. The summed E-state index contributed by atoms with van der Waals surface area (Å²) in [6, 6.07) is 14.0. The number of sulfone groups is 1. The Morgan fingerprint density at radius 1 is 1.15 bits per heavy atom. The van der Waals surface area contributed by atoms with Gasteiger partial charge in [0.1, 0.15) is 6.54 Å². The zero-order valence-corrected chi connectivity index (χ0v) is 17.0. The van der Waals surface area contributed by atoms with Crippen LogP contribution in [0.2, 0.25) is 5.02 Å². The van der Waals surface area contributed by atoms with Crippen molar-refractivity contribution in [2.45, 2.75) is 24.4 Å². The Kier molecular flexibility index (Phi) is 5.31. The quantitative estimate of drug-likeness (QED) is 0.647. The molecule has 1 atom stereocenters. The van der Waals surface area contributed by atoms with Crippen molar-refractivity contribution in [3.8, 4) is 0 Å². The van der Waals surface area contributed by atoms with Crippen molar-refractivity contribution in [1.29, 1.82) is 0 Å². The van der Waals surface area contributed by atoms with E-state index in [-0.39, 0.29) is 23.4 Å². The smallest absolute Gasteiger partial charge is 0.242 e. The summed E-state index contributed by atoms with van der Waals surface area (Å²) in [7, 11) is -1.49. The zero-order chi connectivity index (χ0) is 19.8. The molecule has 1 aromatic heterocycles. The molecule has 27 heavy (non-hydrogen) atoms. The fourth-order valence-corrected chi connectivity index (χ4v) is 3.78. The van der Waals surface area contributed by atoms with Crippen LogP contribution < -0.4 is 0 Å². The third-order valence-corrected chi connectivity index (χ3v) is 6.17. The molecule has 1 heterocycles. The highest BCUT2D eigenvalue weighted by atomic mass is 35.5. The number of likely N-dealkylation sites (N-methyl/N-ethyl adjacent to an activating group) is 1. The fraction of sp³-hybridized carbons (Fsp3) is 0.250. The molecule has 0 aliphatic carbocycles. The van der Waals surface area contributed by atoms with Crippen LogP contribution in [0.15, 0.2) is 59.6 Å². The molecule has 1 unspecified atom stereocenters. The van der Waals surface area contributed by atoms with Gasteiger partial charge in [0.15, 0.2) is 9.84 Å². The van der Waals surface area contributed by atoms with Crippen LogP contribution in [0.25, 0.3) is 10.9 Å². The van der Waals surface area contributed by atoms with Crippen molar-refractivity contribution >= 4 is 38.2 Å². The second-order valence-corrected chi connectivity index (χ2v) is 9.12. The van der Waals surface area contributed by atoms with Gasteiger partial charge in [-0.25, -0.2) is 8.42 Å². The second kappa shape index (κ2) is 7.37. The van der Waals surface area contributed by atoms with Gasteiger partial charge in [0.2, 0.25) is 5.91 Å². The number of benzene rings is 2. The number of fused-ring (bicyclic) bond motifs is 1. The van der Waals surface area contributed by atoms with E-state index in [2.05, 4.69) is 0 Å².